The molecule has 2 aliphatic rings. The van der Waals surface area contributed by atoms with Gasteiger partial charge in [-0.15, -0.1) is 0 Å². The molecule has 0 radical (unpaired) electrons. The van der Waals surface area contributed by atoms with Crippen molar-refractivity contribution >= 4 is 29.1 Å². The summed E-state index contributed by atoms with van der Waals surface area (Å²) in [5.41, 5.74) is 13.2. The Hall–Kier alpha value is -4.42. The number of guanidine groups is 1. The summed E-state index contributed by atoms with van der Waals surface area (Å²) < 4.78 is 0. The van der Waals surface area contributed by atoms with E-state index in [-0.39, 0.29) is 12.0 Å². The molecule has 2 atom stereocenters. The van der Waals surface area contributed by atoms with Crippen molar-refractivity contribution in [3.63, 3.8) is 0 Å². The van der Waals surface area contributed by atoms with Crippen molar-refractivity contribution in [1.29, 1.82) is 10.5 Å². The lowest BCUT2D eigenvalue weighted by Crippen LogP contribution is -2.39. The van der Waals surface area contributed by atoms with Crippen LogP contribution in [0.3, 0.4) is 0 Å². The summed E-state index contributed by atoms with van der Waals surface area (Å²) in [7, 11) is 0. The first-order chi connectivity index (χ1) is 15.5. The maximum Gasteiger partial charge on any atom is 0.224 e. The van der Waals surface area contributed by atoms with Crippen LogP contribution in [0, 0.1) is 42.4 Å². The van der Waals surface area contributed by atoms with Crippen LogP contribution in [0.25, 0.3) is 11.6 Å². The van der Waals surface area contributed by atoms with Gasteiger partial charge >= 0.3 is 0 Å². The van der Waals surface area contributed by atoms with Crippen LogP contribution < -0.4 is 11.1 Å². The van der Waals surface area contributed by atoms with Gasteiger partial charge in [-0.3, -0.25) is 0 Å². The zero-order chi connectivity index (χ0) is 22.7. The minimum absolute atomic E-state index is 0.113. The number of aliphatic imine (C=N–C) groups is 2. The highest BCUT2D eigenvalue weighted by Crippen LogP contribution is 2.36. The molecule has 0 amide bonds. The zero-order valence-corrected chi connectivity index (χ0v) is 17.9. The number of benzene rings is 2. The highest BCUT2D eigenvalue weighted by atomic mass is 15.2. The monoisotopic (exact) mass is 418 g/mol. The molecule has 1 aliphatic heterocycles. The minimum atomic E-state index is -0.198. The molecule has 2 unspecified atom stereocenters. The minimum Gasteiger partial charge on any atom is -0.386 e. The standard InChI is InChI=1S/C26H22N6/c1-16-13-19(5-4-12-27)14-17(2)23(16)21-6-3-7-22-24(21)31-26(32-25(22)29)30-20-10-8-18(15-28)9-11-20/h3-11,13-14,22,24H,1-2H3,(H3,29,30,31,32)/b5-4+. The highest BCUT2D eigenvalue weighted by Gasteiger charge is 2.33. The largest absolute Gasteiger partial charge is 0.386 e. The molecule has 32 heavy (non-hydrogen) atoms. The van der Waals surface area contributed by atoms with E-state index in [2.05, 4.69) is 48.4 Å². The van der Waals surface area contributed by atoms with Gasteiger partial charge in [-0.05, 0) is 72.0 Å². The number of allylic oxidation sites excluding steroid dienone is 3. The summed E-state index contributed by atoms with van der Waals surface area (Å²) in [6, 6.07) is 15.2. The summed E-state index contributed by atoms with van der Waals surface area (Å²) in [5, 5.41) is 21.0. The van der Waals surface area contributed by atoms with Gasteiger partial charge in [0.2, 0.25) is 5.96 Å². The van der Waals surface area contributed by atoms with Crippen molar-refractivity contribution in [2.75, 3.05) is 5.32 Å². The zero-order valence-electron chi connectivity index (χ0n) is 17.9. The number of nitrogens with zero attached hydrogens (tertiary/aromatic N) is 4. The topological polar surface area (TPSA) is 110 Å². The summed E-state index contributed by atoms with van der Waals surface area (Å²) in [6.07, 6.45) is 9.42. The fraction of sp³-hybridized carbons (Fsp3) is 0.154. The van der Waals surface area contributed by atoms with E-state index in [4.69, 9.17) is 21.2 Å². The first-order valence-corrected chi connectivity index (χ1v) is 10.3. The van der Waals surface area contributed by atoms with E-state index in [0.29, 0.717) is 17.4 Å². The average Bonchev–Trinajstić information content (AvgIpc) is 2.78. The molecule has 1 aliphatic carbocycles. The Morgan fingerprint density at radius 1 is 1.09 bits per heavy atom. The number of aryl methyl sites for hydroxylation is 2. The van der Waals surface area contributed by atoms with Gasteiger partial charge < -0.3 is 11.1 Å². The predicted octanol–water partition coefficient (Wildman–Crippen LogP) is 4.49. The Morgan fingerprint density at radius 3 is 2.47 bits per heavy atom. The molecule has 2 aromatic rings. The molecular formula is C26H22N6. The van der Waals surface area contributed by atoms with Crippen LogP contribution in [0.5, 0.6) is 0 Å². The van der Waals surface area contributed by atoms with Gasteiger partial charge in [-0.2, -0.15) is 15.5 Å². The molecule has 0 aromatic heterocycles. The van der Waals surface area contributed by atoms with Gasteiger partial charge in [-0.25, -0.2) is 4.99 Å². The number of nitrogens with two attached hydrogens (primary N) is 1. The van der Waals surface area contributed by atoms with Crippen LogP contribution in [-0.4, -0.2) is 17.8 Å². The van der Waals surface area contributed by atoms with Crippen LogP contribution in [0.1, 0.15) is 27.8 Å². The second-order valence-electron chi connectivity index (χ2n) is 7.77. The molecule has 0 saturated carbocycles. The number of hydrogen-bond acceptors (Lipinski definition) is 6. The number of fused-ring (bicyclic) bond motifs is 1. The quantitative estimate of drug-likeness (QED) is 0.716. The molecule has 4 rings (SSSR count). The molecule has 6 nitrogen and oxygen atoms in total. The van der Waals surface area contributed by atoms with E-state index in [9.17, 15) is 0 Å². The Kier molecular flexibility index (Phi) is 5.70. The van der Waals surface area contributed by atoms with E-state index < -0.39 is 0 Å². The molecule has 1 heterocycles. The third-order valence-electron chi connectivity index (χ3n) is 5.56. The van der Waals surface area contributed by atoms with Gasteiger partial charge in [-0.1, -0.05) is 30.4 Å². The van der Waals surface area contributed by atoms with Gasteiger partial charge in [0.05, 0.1) is 29.7 Å². The SMILES string of the molecule is Cc1cc(/C=C/C#N)cc(C)c1C1=CC=CC2C(N)=NC(Nc3ccc(C#N)cc3)=NC12. The number of hydrogen-bond donors (Lipinski definition) is 2. The molecule has 2 aromatic carbocycles. The van der Waals surface area contributed by atoms with E-state index >= 15 is 0 Å². The van der Waals surface area contributed by atoms with Gasteiger partial charge in [0.15, 0.2) is 0 Å². The highest BCUT2D eigenvalue weighted by molar-refractivity contribution is 6.07. The van der Waals surface area contributed by atoms with Crippen molar-refractivity contribution in [3.05, 3.63) is 88.5 Å². The van der Waals surface area contributed by atoms with Crippen molar-refractivity contribution in [2.24, 2.45) is 21.6 Å². The smallest absolute Gasteiger partial charge is 0.224 e. The molecule has 156 valence electrons. The Labute approximate surface area is 187 Å². The van der Waals surface area contributed by atoms with Crippen molar-refractivity contribution in [1.82, 2.24) is 0 Å². The van der Waals surface area contributed by atoms with E-state index in [1.54, 1.807) is 12.1 Å². The Bertz CT molecular complexity index is 1270. The first kappa shape index (κ1) is 20.8. The molecule has 0 bridgehead atoms. The van der Waals surface area contributed by atoms with Crippen molar-refractivity contribution in [3.8, 4) is 12.1 Å². The number of nitrogens with one attached hydrogen (secondary N) is 1. The van der Waals surface area contributed by atoms with Crippen LogP contribution in [0.4, 0.5) is 5.69 Å². The van der Waals surface area contributed by atoms with Crippen molar-refractivity contribution < 1.29 is 0 Å². The lowest BCUT2D eigenvalue weighted by Gasteiger charge is -2.31. The van der Waals surface area contributed by atoms with E-state index in [1.165, 1.54) is 6.08 Å². The Balaban J connectivity index is 1.69. The number of rotatable bonds is 3. The summed E-state index contributed by atoms with van der Waals surface area (Å²) in [6.45, 7) is 4.14. The van der Waals surface area contributed by atoms with Crippen LogP contribution in [0.2, 0.25) is 0 Å². The lowest BCUT2D eigenvalue weighted by atomic mass is 9.80. The normalized spacial score (nSPS) is 19.3. The number of nitriles is 2. The molecule has 6 heteroatoms. The second kappa shape index (κ2) is 8.75. The van der Waals surface area contributed by atoms with Crippen LogP contribution in [0.15, 0.2) is 70.7 Å². The second-order valence-corrected chi connectivity index (χ2v) is 7.77. The van der Waals surface area contributed by atoms with Gasteiger partial charge in [0, 0.05) is 11.8 Å². The third-order valence-corrected chi connectivity index (χ3v) is 5.56. The summed E-state index contributed by atoms with van der Waals surface area (Å²) in [5.74, 6) is 0.837. The molecule has 0 spiro atoms. The van der Waals surface area contributed by atoms with E-state index in [1.807, 2.05) is 36.4 Å². The van der Waals surface area contributed by atoms with E-state index in [0.717, 1.165) is 33.5 Å². The van der Waals surface area contributed by atoms with Gasteiger partial charge in [0.1, 0.15) is 5.84 Å². The predicted molar refractivity (Wildman–Crippen MR) is 129 cm³/mol. The average molecular weight is 419 g/mol. The molecule has 0 fully saturated rings. The summed E-state index contributed by atoms with van der Waals surface area (Å²) in [4.78, 5) is 9.38. The first-order valence-electron chi connectivity index (χ1n) is 10.3. The molecule has 3 N–H and O–H groups in total. The molecule has 0 saturated heterocycles. The van der Waals surface area contributed by atoms with Crippen LogP contribution >= 0.6 is 0 Å². The number of anilines is 1. The number of amidine groups is 1. The maximum absolute atomic E-state index is 8.99. The van der Waals surface area contributed by atoms with Crippen molar-refractivity contribution in [2.45, 2.75) is 19.9 Å². The van der Waals surface area contributed by atoms with Crippen LogP contribution in [-0.2, 0) is 0 Å². The molecular weight excluding hydrogens is 396 g/mol. The third kappa shape index (κ3) is 4.08. The fourth-order valence-electron chi connectivity index (χ4n) is 4.17. The summed E-state index contributed by atoms with van der Waals surface area (Å²) >= 11 is 0. The fourth-order valence-corrected chi connectivity index (χ4v) is 4.17. The van der Waals surface area contributed by atoms with Gasteiger partial charge in [0.25, 0.3) is 0 Å². The maximum atomic E-state index is 8.99. The Morgan fingerprint density at radius 2 is 1.81 bits per heavy atom. The lowest BCUT2D eigenvalue weighted by molar-refractivity contribution is 0.717.